The first-order valence-corrected chi connectivity index (χ1v) is 5.63. The van der Waals surface area contributed by atoms with Crippen LogP contribution in [-0.2, 0) is 21.8 Å². The molecule has 1 aromatic carbocycles. The molecular weight excluding hydrogens is 226 g/mol. The minimum Gasteiger partial charge on any atom is -0.468 e. The summed E-state index contributed by atoms with van der Waals surface area (Å²) >= 11 is 5.70. The van der Waals surface area contributed by atoms with Gasteiger partial charge in [-0.25, -0.2) is 0 Å². The SMILES string of the molecule is CNC(Cc1ccc(CCl)cc1)C(=O)OC. The second kappa shape index (κ2) is 6.51. The molecule has 0 saturated heterocycles. The molecule has 1 unspecified atom stereocenters. The zero-order valence-corrected chi connectivity index (χ0v) is 10.3. The third-order valence-corrected chi connectivity index (χ3v) is 2.76. The molecule has 0 aromatic heterocycles. The Hall–Kier alpha value is -1.06. The van der Waals surface area contributed by atoms with Crippen molar-refractivity contribution in [2.75, 3.05) is 14.2 Å². The van der Waals surface area contributed by atoms with Gasteiger partial charge in [-0.3, -0.25) is 4.79 Å². The van der Waals surface area contributed by atoms with E-state index in [9.17, 15) is 4.79 Å². The lowest BCUT2D eigenvalue weighted by Crippen LogP contribution is -2.36. The maximum Gasteiger partial charge on any atom is 0.323 e. The van der Waals surface area contributed by atoms with Crippen LogP contribution >= 0.6 is 11.6 Å². The Morgan fingerprint density at radius 2 is 1.94 bits per heavy atom. The van der Waals surface area contributed by atoms with Crippen molar-refractivity contribution < 1.29 is 9.53 Å². The summed E-state index contributed by atoms with van der Waals surface area (Å²) in [5.41, 5.74) is 2.16. The number of likely N-dealkylation sites (N-methyl/N-ethyl adjacent to an activating group) is 1. The van der Waals surface area contributed by atoms with Crippen molar-refractivity contribution in [1.82, 2.24) is 5.32 Å². The van der Waals surface area contributed by atoms with Crippen LogP contribution in [0.15, 0.2) is 24.3 Å². The summed E-state index contributed by atoms with van der Waals surface area (Å²) in [6.45, 7) is 0. The van der Waals surface area contributed by atoms with Crippen LogP contribution in [0.5, 0.6) is 0 Å². The summed E-state index contributed by atoms with van der Waals surface area (Å²) in [7, 11) is 3.14. The predicted molar refractivity (Wildman–Crippen MR) is 64.6 cm³/mol. The van der Waals surface area contributed by atoms with Crippen LogP contribution < -0.4 is 5.32 Å². The van der Waals surface area contributed by atoms with Gasteiger partial charge in [0.2, 0.25) is 0 Å². The number of carbonyl (C=O) groups is 1. The molecule has 4 heteroatoms. The predicted octanol–water partition coefficient (Wildman–Crippen LogP) is 1.73. The highest BCUT2D eigenvalue weighted by Gasteiger charge is 2.16. The van der Waals surface area contributed by atoms with Crippen LogP contribution in [0.4, 0.5) is 0 Å². The van der Waals surface area contributed by atoms with Crippen molar-refractivity contribution in [3.05, 3.63) is 35.4 Å². The number of benzene rings is 1. The van der Waals surface area contributed by atoms with Gasteiger partial charge in [0.15, 0.2) is 0 Å². The number of hydrogen-bond acceptors (Lipinski definition) is 3. The van der Waals surface area contributed by atoms with Crippen molar-refractivity contribution in [2.24, 2.45) is 0 Å². The van der Waals surface area contributed by atoms with Gasteiger partial charge >= 0.3 is 5.97 Å². The van der Waals surface area contributed by atoms with Gasteiger partial charge in [0.25, 0.3) is 0 Å². The van der Waals surface area contributed by atoms with E-state index in [-0.39, 0.29) is 12.0 Å². The molecule has 16 heavy (non-hydrogen) atoms. The highest BCUT2D eigenvalue weighted by molar-refractivity contribution is 6.17. The fourth-order valence-electron chi connectivity index (χ4n) is 1.45. The number of rotatable bonds is 5. The number of nitrogens with one attached hydrogen (secondary N) is 1. The van der Waals surface area contributed by atoms with E-state index in [1.54, 1.807) is 7.05 Å². The van der Waals surface area contributed by atoms with E-state index >= 15 is 0 Å². The average molecular weight is 242 g/mol. The van der Waals surface area contributed by atoms with E-state index in [1.807, 2.05) is 24.3 Å². The van der Waals surface area contributed by atoms with E-state index in [1.165, 1.54) is 7.11 Å². The third kappa shape index (κ3) is 3.51. The molecule has 0 aliphatic carbocycles. The second-order valence-corrected chi connectivity index (χ2v) is 3.79. The minimum absolute atomic E-state index is 0.246. The van der Waals surface area contributed by atoms with E-state index in [2.05, 4.69) is 5.32 Å². The Kier molecular flexibility index (Phi) is 5.29. The standard InChI is InChI=1S/C12H16ClNO2/c1-14-11(12(15)16-2)7-9-3-5-10(8-13)6-4-9/h3-6,11,14H,7-8H2,1-2H3. The molecule has 0 bridgehead atoms. The summed E-state index contributed by atoms with van der Waals surface area (Å²) in [4.78, 5) is 11.4. The molecule has 0 aliphatic heterocycles. The van der Waals surface area contributed by atoms with Gasteiger partial charge in [-0.2, -0.15) is 0 Å². The van der Waals surface area contributed by atoms with Gasteiger partial charge in [-0.15, -0.1) is 11.6 Å². The Bertz CT molecular complexity index is 337. The lowest BCUT2D eigenvalue weighted by molar-refractivity contribution is -0.142. The van der Waals surface area contributed by atoms with Gasteiger partial charge in [0.05, 0.1) is 7.11 Å². The van der Waals surface area contributed by atoms with Crippen LogP contribution in [0.3, 0.4) is 0 Å². The van der Waals surface area contributed by atoms with Crippen molar-refractivity contribution in [1.29, 1.82) is 0 Å². The Balaban J connectivity index is 2.66. The van der Waals surface area contributed by atoms with Crippen molar-refractivity contribution >= 4 is 17.6 Å². The molecular formula is C12H16ClNO2. The Labute approximate surface area is 101 Å². The molecule has 1 aromatic rings. The number of halogens is 1. The molecule has 0 radical (unpaired) electrons. The molecule has 1 rings (SSSR count). The molecule has 0 aliphatic rings. The summed E-state index contributed by atoms with van der Waals surface area (Å²) in [5.74, 6) is 0.260. The van der Waals surface area contributed by atoms with Gasteiger partial charge in [-0.05, 0) is 24.6 Å². The Morgan fingerprint density at radius 1 is 1.38 bits per heavy atom. The van der Waals surface area contributed by atoms with Gasteiger partial charge in [0.1, 0.15) is 6.04 Å². The molecule has 1 atom stereocenters. The van der Waals surface area contributed by atoms with Crippen molar-refractivity contribution in [2.45, 2.75) is 18.3 Å². The smallest absolute Gasteiger partial charge is 0.323 e. The van der Waals surface area contributed by atoms with E-state index in [0.717, 1.165) is 11.1 Å². The number of carbonyl (C=O) groups excluding carboxylic acids is 1. The van der Waals surface area contributed by atoms with Gasteiger partial charge < -0.3 is 10.1 Å². The highest BCUT2D eigenvalue weighted by Crippen LogP contribution is 2.09. The number of hydrogen-bond donors (Lipinski definition) is 1. The molecule has 0 amide bonds. The first kappa shape index (κ1) is 13.0. The van der Waals surface area contributed by atoms with Crippen LogP contribution in [0.1, 0.15) is 11.1 Å². The maximum absolute atomic E-state index is 11.4. The Morgan fingerprint density at radius 3 is 2.38 bits per heavy atom. The fraction of sp³-hybridized carbons (Fsp3) is 0.417. The lowest BCUT2D eigenvalue weighted by atomic mass is 10.0. The van der Waals surface area contributed by atoms with E-state index < -0.39 is 0 Å². The number of methoxy groups -OCH3 is 1. The highest BCUT2D eigenvalue weighted by atomic mass is 35.5. The number of esters is 1. The van der Waals surface area contributed by atoms with Crippen LogP contribution in [0.25, 0.3) is 0 Å². The van der Waals surface area contributed by atoms with E-state index in [0.29, 0.717) is 12.3 Å². The maximum atomic E-state index is 11.4. The van der Waals surface area contributed by atoms with Crippen molar-refractivity contribution in [3.63, 3.8) is 0 Å². The molecule has 3 nitrogen and oxygen atoms in total. The monoisotopic (exact) mass is 241 g/mol. The van der Waals surface area contributed by atoms with Gasteiger partial charge in [0, 0.05) is 5.88 Å². The molecule has 1 N–H and O–H groups in total. The zero-order valence-electron chi connectivity index (χ0n) is 9.50. The normalized spacial score (nSPS) is 12.2. The molecule has 88 valence electrons. The summed E-state index contributed by atoms with van der Waals surface area (Å²) in [6, 6.07) is 7.58. The topological polar surface area (TPSA) is 38.3 Å². The quantitative estimate of drug-likeness (QED) is 0.630. The van der Waals surface area contributed by atoms with Crippen LogP contribution in [0.2, 0.25) is 0 Å². The average Bonchev–Trinajstić information content (AvgIpc) is 2.35. The second-order valence-electron chi connectivity index (χ2n) is 3.52. The molecule has 0 saturated carbocycles. The van der Waals surface area contributed by atoms with E-state index in [4.69, 9.17) is 16.3 Å². The van der Waals surface area contributed by atoms with Crippen LogP contribution in [-0.4, -0.2) is 26.2 Å². The van der Waals surface area contributed by atoms with Crippen molar-refractivity contribution in [3.8, 4) is 0 Å². The number of alkyl halides is 1. The summed E-state index contributed by atoms with van der Waals surface area (Å²) in [5, 5.41) is 2.93. The third-order valence-electron chi connectivity index (χ3n) is 2.45. The molecule has 0 fully saturated rings. The molecule has 0 heterocycles. The first-order valence-electron chi connectivity index (χ1n) is 5.10. The number of ether oxygens (including phenoxy) is 1. The summed E-state index contributed by atoms with van der Waals surface area (Å²) < 4.78 is 4.70. The van der Waals surface area contributed by atoms with Crippen LogP contribution in [0, 0.1) is 0 Å². The fourth-order valence-corrected chi connectivity index (χ4v) is 1.62. The molecule has 0 spiro atoms. The zero-order chi connectivity index (χ0) is 12.0. The lowest BCUT2D eigenvalue weighted by Gasteiger charge is -2.13. The van der Waals surface area contributed by atoms with Gasteiger partial charge in [-0.1, -0.05) is 24.3 Å². The summed E-state index contributed by atoms with van der Waals surface area (Å²) in [6.07, 6.45) is 0.617. The first-order chi connectivity index (χ1) is 7.71. The minimum atomic E-state index is -0.299. The largest absolute Gasteiger partial charge is 0.468 e.